The SMILES string of the molecule is O=C(NCCOCCO)C1CSC(c2ccccc2)=N1. The molecule has 108 valence electrons. The number of aliphatic imine (C=N–C) groups is 1. The van der Waals surface area contributed by atoms with Gasteiger partial charge in [-0.1, -0.05) is 30.3 Å². The molecule has 1 unspecified atom stereocenters. The minimum atomic E-state index is -0.326. The zero-order valence-corrected chi connectivity index (χ0v) is 11.9. The summed E-state index contributed by atoms with van der Waals surface area (Å²) in [5.41, 5.74) is 1.05. The highest BCUT2D eigenvalue weighted by molar-refractivity contribution is 8.14. The van der Waals surface area contributed by atoms with Gasteiger partial charge in [0.1, 0.15) is 6.04 Å². The number of thioether (sulfide) groups is 1. The van der Waals surface area contributed by atoms with Crippen molar-refractivity contribution in [2.75, 3.05) is 32.1 Å². The van der Waals surface area contributed by atoms with Gasteiger partial charge < -0.3 is 15.2 Å². The van der Waals surface area contributed by atoms with Crippen LogP contribution in [0.3, 0.4) is 0 Å². The molecule has 0 aromatic heterocycles. The summed E-state index contributed by atoms with van der Waals surface area (Å²) >= 11 is 1.60. The Morgan fingerprint density at radius 2 is 2.20 bits per heavy atom. The molecular formula is C14H18N2O3S. The van der Waals surface area contributed by atoms with Crippen LogP contribution in [0.4, 0.5) is 0 Å². The number of ether oxygens (including phenoxy) is 1. The predicted octanol–water partition coefficient (Wildman–Crippen LogP) is 0.674. The molecule has 0 spiro atoms. The van der Waals surface area contributed by atoms with Crippen LogP contribution in [-0.2, 0) is 9.53 Å². The lowest BCUT2D eigenvalue weighted by molar-refractivity contribution is -0.122. The predicted molar refractivity (Wildman–Crippen MR) is 80.1 cm³/mol. The first-order valence-corrected chi connectivity index (χ1v) is 7.52. The Hall–Kier alpha value is -1.37. The van der Waals surface area contributed by atoms with E-state index in [9.17, 15) is 4.79 Å². The molecule has 5 nitrogen and oxygen atoms in total. The maximum Gasteiger partial charge on any atom is 0.245 e. The third kappa shape index (κ3) is 4.33. The number of nitrogens with one attached hydrogen (secondary N) is 1. The Balaban J connectivity index is 1.79. The lowest BCUT2D eigenvalue weighted by atomic mass is 10.2. The van der Waals surface area contributed by atoms with Gasteiger partial charge in [0.2, 0.25) is 5.91 Å². The third-order valence-electron chi connectivity index (χ3n) is 2.76. The zero-order valence-electron chi connectivity index (χ0n) is 11.1. The van der Waals surface area contributed by atoms with Crippen LogP contribution in [0.5, 0.6) is 0 Å². The van der Waals surface area contributed by atoms with Crippen LogP contribution < -0.4 is 5.32 Å². The molecule has 0 aliphatic carbocycles. The molecule has 1 aliphatic heterocycles. The second kappa shape index (κ2) is 8.04. The summed E-state index contributed by atoms with van der Waals surface area (Å²) in [4.78, 5) is 16.4. The van der Waals surface area contributed by atoms with Gasteiger partial charge in [-0.2, -0.15) is 0 Å². The average molecular weight is 294 g/mol. The normalized spacial score (nSPS) is 17.9. The van der Waals surface area contributed by atoms with Gasteiger partial charge >= 0.3 is 0 Å². The lowest BCUT2D eigenvalue weighted by Gasteiger charge is -2.08. The molecule has 0 fully saturated rings. The maximum atomic E-state index is 11.9. The van der Waals surface area contributed by atoms with Crippen molar-refractivity contribution in [2.24, 2.45) is 4.99 Å². The standard InChI is InChI=1S/C14H18N2O3S/c17-7-9-19-8-6-15-13(18)12-10-20-14(16-12)11-4-2-1-3-5-11/h1-5,12,17H,6-10H2,(H,15,18). The zero-order chi connectivity index (χ0) is 14.2. The van der Waals surface area contributed by atoms with Crippen molar-refractivity contribution in [3.8, 4) is 0 Å². The summed E-state index contributed by atoms with van der Waals surface area (Å²) in [6.45, 7) is 1.14. The summed E-state index contributed by atoms with van der Waals surface area (Å²) in [5, 5.41) is 12.3. The van der Waals surface area contributed by atoms with Gasteiger partial charge in [0.25, 0.3) is 0 Å². The lowest BCUT2D eigenvalue weighted by Crippen LogP contribution is -2.36. The molecule has 6 heteroatoms. The topological polar surface area (TPSA) is 70.9 Å². The highest BCUT2D eigenvalue weighted by Gasteiger charge is 2.25. The molecule has 1 amide bonds. The van der Waals surface area contributed by atoms with E-state index in [1.54, 1.807) is 11.8 Å². The molecule has 1 aromatic carbocycles. The smallest absolute Gasteiger partial charge is 0.245 e. The Bertz CT molecular complexity index is 465. The van der Waals surface area contributed by atoms with Crippen molar-refractivity contribution in [2.45, 2.75) is 6.04 Å². The van der Waals surface area contributed by atoms with E-state index in [4.69, 9.17) is 9.84 Å². The fourth-order valence-corrected chi connectivity index (χ4v) is 2.82. The molecule has 0 bridgehead atoms. The van der Waals surface area contributed by atoms with Gasteiger partial charge in [-0.05, 0) is 0 Å². The van der Waals surface area contributed by atoms with E-state index in [0.29, 0.717) is 25.5 Å². The van der Waals surface area contributed by atoms with Crippen molar-refractivity contribution in [1.82, 2.24) is 5.32 Å². The van der Waals surface area contributed by atoms with Crippen molar-refractivity contribution in [3.63, 3.8) is 0 Å². The molecule has 0 radical (unpaired) electrons. The molecule has 2 N–H and O–H groups in total. The van der Waals surface area contributed by atoms with Crippen molar-refractivity contribution in [3.05, 3.63) is 35.9 Å². The van der Waals surface area contributed by atoms with E-state index >= 15 is 0 Å². The molecule has 1 heterocycles. The van der Waals surface area contributed by atoms with Crippen LogP contribution in [0.15, 0.2) is 35.3 Å². The van der Waals surface area contributed by atoms with Gasteiger partial charge in [-0.15, -0.1) is 11.8 Å². The molecule has 0 saturated carbocycles. The second-order valence-electron chi connectivity index (χ2n) is 4.25. The maximum absolute atomic E-state index is 11.9. The van der Waals surface area contributed by atoms with Gasteiger partial charge in [0.05, 0.1) is 24.9 Å². The highest BCUT2D eigenvalue weighted by Crippen LogP contribution is 2.23. The van der Waals surface area contributed by atoms with Gasteiger partial charge in [-0.3, -0.25) is 9.79 Å². The second-order valence-corrected chi connectivity index (χ2v) is 5.26. The van der Waals surface area contributed by atoms with Crippen LogP contribution >= 0.6 is 11.8 Å². The number of rotatable bonds is 7. The first-order chi connectivity index (χ1) is 9.81. The summed E-state index contributed by atoms with van der Waals surface area (Å²) in [6.07, 6.45) is 0. The number of hydrogen-bond acceptors (Lipinski definition) is 5. The summed E-state index contributed by atoms with van der Waals surface area (Å²) in [5.74, 6) is 0.601. The Kier molecular flexibility index (Phi) is 6.04. The minimum Gasteiger partial charge on any atom is -0.394 e. The molecule has 20 heavy (non-hydrogen) atoms. The van der Waals surface area contributed by atoms with Crippen LogP contribution in [0.2, 0.25) is 0 Å². The number of amides is 1. The van der Waals surface area contributed by atoms with Crippen LogP contribution in [0.1, 0.15) is 5.56 Å². The highest BCUT2D eigenvalue weighted by atomic mass is 32.2. The number of hydrogen-bond donors (Lipinski definition) is 2. The monoisotopic (exact) mass is 294 g/mol. The fourth-order valence-electron chi connectivity index (χ4n) is 1.78. The van der Waals surface area contributed by atoms with Crippen molar-refractivity contribution < 1.29 is 14.6 Å². The summed E-state index contributed by atoms with van der Waals surface area (Å²) in [6, 6.07) is 9.55. The van der Waals surface area contributed by atoms with E-state index in [2.05, 4.69) is 10.3 Å². The molecule has 1 aliphatic rings. The van der Waals surface area contributed by atoms with Crippen LogP contribution in [0.25, 0.3) is 0 Å². The number of carbonyl (C=O) groups excluding carboxylic acids is 1. The molecule has 1 aromatic rings. The van der Waals surface area contributed by atoms with E-state index < -0.39 is 0 Å². The van der Waals surface area contributed by atoms with Crippen molar-refractivity contribution in [1.29, 1.82) is 0 Å². The van der Waals surface area contributed by atoms with Crippen molar-refractivity contribution >= 4 is 22.7 Å². The number of carbonyl (C=O) groups is 1. The van der Waals surface area contributed by atoms with Crippen LogP contribution in [0, 0.1) is 0 Å². The van der Waals surface area contributed by atoms with E-state index in [1.165, 1.54) is 0 Å². The summed E-state index contributed by atoms with van der Waals surface area (Å²) in [7, 11) is 0. The number of nitrogens with zero attached hydrogens (tertiary/aromatic N) is 1. The largest absolute Gasteiger partial charge is 0.394 e. The van der Waals surface area contributed by atoms with Gasteiger partial charge in [-0.25, -0.2) is 0 Å². The van der Waals surface area contributed by atoms with Gasteiger partial charge in [0, 0.05) is 17.9 Å². The molecule has 2 rings (SSSR count). The third-order valence-corrected chi connectivity index (χ3v) is 3.85. The first kappa shape index (κ1) is 15.0. The molecule has 1 atom stereocenters. The van der Waals surface area contributed by atoms with E-state index in [0.717, 1.165) is 10.6 Å². The fraction of sp³-hybridized carbons (Fsp3) is 0.429. The van der Waals surface area contributed by atoms with E-state index in [1.807, 2.05) is 30.3 Å². The quantitative estimate of drug-likeness (QED) is 0.725. The average Bonchev–Trinajstić information content (AvgIpc) is 2.98. The summed E-state index contributed by atoms with van der Waals surface area (Å²) < 4.78 is 5.08. The number of aliphatic hydroxyl groups is 1. The molecular weight excluding hydrogens is 276 g/mol. The number of benzene rings is 1. The minimum absolute atomic E-state index is 0.00204. The Morgan fingerprint density at radius 1 is 1.40 bits per heavy atom. The Morgan fingerprint density at radius 3 is 2.95 bits per heavy atom. The first-order valence-electron chi connectivity index (χ1n) is 6.53. The van der Waals surface area contributed by atoms with E-state index in [-0.39, 0.29) is 18.6 Å². The number of aliphatic hydroxyl groups excluding tert-OH is 1. The molecule has 0 saturated heterocycles. The Labute approximate surface area is 122 Å². The van der Waals surface area contributed by atoms with Crippen LogP contribution in [-0.4, -0.2) is 54.2 Å². The van der Waals surface area contributed by atoms with Gasteiger partial charge in [0.15, 0.2) is 0 Å².